The van der Waals surface area contributed by atoms with Crippen molar-refractivity contribution >= 4 is 34.2 Å². The molecule has 0 unspecified atom stereocenters. The highest BCUT2D eigenvalue weighted by molar-refractivity contribution is 5.94. The average molecular weight is 340 g/mol. The molecule has 3 aromatic rings. The van der Waals surface area contributed by atoms with Gasteiger partial charge >= 0.3 is 5.69 Å². The Kier molecular flexibility index (Phi) is 4.51. The molecule has 0 saturated heterocycles. The highest BCUT2D eigenvalue weighted by Crippen LogP contribution is 2.18. The van der Waals surface area contributed by atoms with Gasteiger partial charge in [0.2, 0.25) is 5.91 Å². The van der Waals surface area contributed by atoms with Gasteiger partial charge in [-0.2, -0.15) is 0 Å². The van der Waals surface area contributed by atoms with Crippen molar-refractivity contribution in [3.05, 3.63) is 52.9 Å². The van der Waals surface area contributed by atoms with Gasteiger partial charge in [-0.25, -0.2) is 4.79 Å². The van der Waals surface area contributed by atoms with E-state index in [4.69, 9.17) is 4.74 Å². The van der Waals surface area contributed by atoms with Crippen LogP contribution in [0.25, 0.3) is 11.0 Å². The predicted octanol–water partition coefficient (Wildman–Crippen LogP) is 1.83. The van der Waals surface area contributed by atoms with Crippen LogP contribution in [0.4, 0.5) is 11.4 Å². The van der Waals surface area contributed by atoms with Crippen LogP contribution in [-0.2, 0) is 9.59 Å². The molecule has 1 heterocycles. The van der Waals surface area contributed by atoms with Crippen molar-refractivity contribution < 1.29 is 14.3 Å². The van der Waals surface area contributed by atoms with Crippen LogP contribution in [0.15, 0.2) is 47.3 Å². The first-order valence-electron chi connectivity index (χ1n) is 7.52. The molecule has 0 atom stereocenters. The zero-order chi connectivity index (χ0) is 17.8. The number of benzene rings is 2. The number of ether oxygens (including phenoxy) is 1. The molecule has 2 aromatic carbocycles. The maximum Gasteiger partial charge on any atom is 0.323 e. The molecule has 0 aliphatic carbocycles. The van der Waals surface area contributed by atoms with Gasteiger partial charge < -0.3 is 25.3 Å². The number of hydrogen-bond donors (Lipinski definition) is 4. The second-order valence-electron chi connectivity index (χ2n) is 5.39. The summed E-state index contributed by atoms with van der Waals surface area (Å²) in [6.45, 7) is 1.22. The van der Waals surface area contributed by atoms with Crippen LogP contribution in [-0.4, -0.2) is 28.4 Å². The minimum Gasteiger partial charge on any atom is -0.484 e. The van der Waals surface area contributed by atoms with E-state index in [1.165, 1.54) is 6.92 Å². The molecule has 2 amide bonds. The highest BCUT2D eigenvalue weighted by atomic mass is 16.5. The molecule has 0 fully saturated rings. The van der Waals surface area contributed by atoms with Crippen molar-refractivity contribution in [3.8, 4) is 5.75 Å². The number of hydrogen-bond acceptors (Lipinski definition) is 4. The van der Waals surface area contributed by atoms with E-state index in [2.05, 4.69) is 20.6 Å². The van der Waals surface area contributed by atoms with Gasteiger partial charge in [-0.1, -0.05) is 6.07 Å². The number of carbonyl (C=O) groups excluding carboxylic acids is 2. The molecule has 8 heteroatoms. The fourth-order valence-electron chi connectivity index (χ4n) is 2.32. The molecule has 3 rings (SSSR count). The predicted molar refractivity (Wildman–Crippen MR) is 93.8 cm³/mol. The van der Waals surface area contributed by atoms with E-state index in [1.54, 1.807) is 42.5 Å². The van der Waals surface area contributed by atoms with E-state index in [0.717, 1.165) is 0 Å². The summed E-state index contributed by atoms with van der Waals surface area (Å²) < 4.78 is 5.43. The van der Waals surface area contributed by atoms with E-state index < -0.39 is 0 Å². The Morgan fingerprint density at radius 2 is 1.76 bits per heavy atom. The van der Waals surface area contributed by atoms with Crippen LogP contribution in [0.1, 0.15) is 6.92 Å². The number of anilines is 2. The van der Waals surface area contributed by atoms with E-state index in [0.29, 0.717) is 28.2 Å². The summed E-state index contributed by atoms with van der Waals surface area (Å²) in [5.74, 6) is -0.0675. The normalized spacial score (nSPS) is 10.4. The lowest BCUT2D eigenvalue weighted by Gasteiger charge is -2.09. The number of H-pyrrole nitrogens is 2. The number of aromatic amines is 2. The Hall–Kier alpha value is -3.55. The Balaban J connectivity index is 1.60. The van der Waals surface area contributed by atoms with Gasteiger partial charge in [0.1, 0.15) is 5.75 Å². The second-order valence-corrected chi connectivity index (χ2v) is 5.39. The van der Waals surface area contributed by atoms with E-state index in [9.17, 15) is 14.4 Å². The maximum atomic E-state index is 12.0. The minimum absolute atomic E-state index is 0.187. The quantitative estimate of drug-likeness (QED) is 0.567. The lowest BCUT2D eigenvalue weighted by Crippen LogP contribution is -2.20. The molecular formula is C17H16N4O4. The Bertz CT molecular complexity index is 989. The molecule has 0 aliphatic heterocycles. The third-order valence-corrected chi connectivity index (χ3v) is 3.32. The van der Waals surface area contributed by atoms with Crippen LogP contribution in [0.5, 0.6) is 5.75 Å². The molecule has 0 saturated carbocycles. The summed E-state index contributed by atoms with van der Waals surface area (Å²) in [6.07, 6.45) is 0. The Morgan fingerprint density at radius 3 is 2.56 bits per heavy atom. The third kappa shape index (κ3) is 4.25. The summed E-state index contributed by atoms with van der Waals surface area (Å²) >= 11 is 0. The first kappa shape index (κ1) is 16.3. The summed E-state index contributed by atoms with van der Waals surface area (Å²) in [4.78, 5) is 39.5. The monoisotopic (exact) mass is 340 g/mol. The van der Waals surface area contributed by atoms with E-state index in [1.807, 2.05) is 0 Å². The summed E-state index contributed by atoms with van der Waals surface area (Å²) in [5, 5.41) is 5.33. The van der Waals surface area contributed by atoms with Gasteiger partial charge in [0.15, 0.2) is 6.61 Å². The van der Waals surface area contributed by atoms with Crippen molar-refractivity contribution in [3.63, 3.8) is 0 Å². The number of rotatable bonds is 5. The number of imidazole rings is 1. The highest BCUT2D eigenvalue weighted by Gasteiger charge is 2.06. The van der Waals surface area contributed by atoms with Gasteiger partial charge in [0, 0.05) is 24.4 Å². The molecule has 0 aliphatic rings. The second kappa shape index (κ2) is 6.91. The molecule has 1 aromatic heterocycles. The summed E-state index contributed by atoms with van der Waals surface area (Å²) in [6, 6.07) is 11.8. The topological polar surface area (TPSA) is 116 Å². The van der Waals surface area contributed by atoms with Crippen molar-refractivity contribution in [2.75, 3.05) is 17.2 Å². The zero-order valence-electron chi connectivity index (χ0n) is 13.4. The average Bonchev–Trinajstić information content (AvgIpc) is 2.92. The van der Waals surface area contributed by atoms with Gasteiger partial charge in [-0.15, -0.1) is 0 Å². The van der Waals surface area contributed by atoms with E-state index in [-0.39, 0.29) is 24.1 Å². The number of carbonyl (C=O) groups is 2. The molecule has 8 nitrogen and oxygen atoms in total. The lowest BCUT2D eigenvalue weighted by molar-refractivity contribution is -0.118. The first-order valence-corrected chi connectivity index (χ1v) is 7.52. The largest absolute Gasteiger partial charge is 0.484 e. The molecule has 0 spiro atoms. The van der Waals surface area contributed by atoms with Gasteiger partial charge in [-0.05, 0) is 30.3 Å². The van der Waals surface area contributed by atoms with Crippen LogP contribution >= 0.6 is 0 Å². The molecular weight excluding hydrogens is 324 g/mol. The fraction of sp³-hybridized carbons (Fsp3) is 0.118. The molecule has 128 valence electrons. The van der Waals surface area contributed by atoms with Crippen molar-refractivity contribution in [2.24, 2.45) is 0 Å². The summed E-state index contributed by atoms with van der Waals surface area (Å²) in [7, 11) is 0. The Labute approximate surface area is 142 Å². The molecule has 4 N–H and O–H groups in total. The van der Waals surface area contributed by atoms with E-state index >= 15 is 0 Å². The number of amides is 2. The number of nitrogens with one attached hydrogen (secondary N) is 4. The van der Waals surface area contributed by atoms with Crippen molar-refractivity contribution in [1.82, 2.24) is 9.97 Å². The number of fused-ring (bicyclic) bond motifs is 1. The Morgan fingerprint density at radius 1 is 1.00 bits per heavy atom. The molecule has 0 bridgehead atoms. The summed E-state index contributed by atoms with van der Waals surface area (Å²) in [5.41, 5.74) is 2.09. The van der Waals surface area contributed by atoms with Crippen LogP contribution in [0.3, 0.4) is 0 Å². The first-order chi connectivity index (χ1) is 12.0. The standard InChI is InChI=1S/C17H16N4O4/c1-10(22)18-11-3-2-4-13(7-11)25-9-16(23)19-12-5-6-14-15(8-12)21-17(24)20-14/h2-8H,9H2,1H3,(H,18,22)(H,19,23)(H2,20,21,24). The zero-order valence-corrected chi connectivity index (χ0v) is 13.4. The smallest absolute Gasteiger partial charge is 0.323 e. The lowest BCUT2D eigenvalue weighted by atomic mass is 10.2. The van der Waals surface area contributed by atoms with Gasteiger partial charge in [0.05, 0.1) is 11.0 Å². The SMILES string of the molecule is CC(=O)Nc1cccc(OCC(=O)Nc2ccc3[nH]c(=O)[nH]c3c2)c1. The fourth-order valence-corrected chi connectivity index (χ4v) is 2.32. The number of aromatic nitrogens is 2. The van der Waals surface area contributed by atoms with Crippen LogP contribution < -0.4 is 21.1 Å². The molecule has 0 radical (unpaired) electrons. The minimum atomic E-state index is -0.345. The van der Waals surface area contributed by atoms with Crippen LogP contribution in [0, 0.1) is 0 Å². The van der Waals surface area contributed by atoms with Crippen LogP contribution in [0.2, 0.25) is 0 Å². The maximum absolute atomic E-state index is 12.0. The van der Waals surface area contributed by atoms with Crippen molar-refractivity contribution in [2.45, 2.75) is 6.92 Å². The molecule has 25 heavy (non-hydrogen) atoms. The third-order valence-electron chi connectivity index (χ3n) is 3.32. The van der Waals surface area contributed by atoms with Gasteiger partial charge in [0.25, 0.3) is 5.91 Å². The van der Waals surface area contributed by atoms with Gasteiger partial charge in [-0.3, -0.25) is 9.59 Å². The van der Waals surface area contributed by atoms with Crippen molar-refractivity contribution in [1.29, 1.82) is 0 Å².